The number of carbonyl (C=O) groups excluding carboxylic acids is 1. The smallest absolute Gasteiger partial charge is 0.264 e. The second-order valence-electron chi connectivity index (χ2n) is 7.44. The van der Waals surface area contributed by atoms with Crippen LogP contribution >= 0.6 is 11.6 Å². The van der Waals surface area contributed by atoms with Gasteiger partial charge in [-0.1, -0.05) is 29.8 Å². The monoisotopic (exact) mass is 536 g/mol. The van der Waals surface area contributed by atoms with Crippen LogP contribution in [0, 0.1) is 0 Å². The fourth-order valence-electron chi connectivity index (χ4n) is 3.36. The van der Waals surface area contributed by atoms with Crippen molar-refractivity contribution in [2.45, 2.75) is 23.1 Å². The molecule has 0 heterocycles. The fourth-order valence-corrected chi connectivity index (χ4v) is 6.22. The lowest BCUT2D eigenvalue weighted by atomic mass is 10.3. The number of anilines is 2. The maximum atomic E-state index is 13.3. The number of halogens is 1. The molecule has 35 heavy (non-hydrogen) atoms. The van der Waals surface area contributed by atoms with E-state index in [1.54, 1.807) is 37.3 Å². The highest BCUT2D eigenvalue weighted by Crippen LogP contribution is 2.31. The van der Waals surface area contributed by atoms with Crippen LogP contribution in [0.1, 0.15) is 13.3 Å². The maximum Gasteiger partial charge on any atom is 0.264 e. The Morgan fingerprint density at radius 1 is 0.943 bits per heavy atom. The summed E-state index contributed by atoms with van der Waals surface area (Å²) >= 11 is 5.80. The van der Waals surface area contributed by atoms with Crippen LogP contribution in [0.5, 0.6) is 5.75 Å². The van der Waals surface area contributed by atoms with Crippen molar-refractivity contribution in [1.29, 1.82) is 0 Å². The lowest BCUT2D eigenvalue weighted by Crippen LogP contribution is -2.30. The van der Waals surface area contributed by atoms with Gasteiger partial charge in [0.25, 0.3) is 10.0 Å². The third-order valence-corrected chi connectivity index (χ3v) is 9.02. The molecule has 1 amide bonds. The molecule has 0 unspecified atom stereocenters. The molecule has 3 rings (SSSR count). The molecule has 3 aromatic rings. The van der Waals surface area contributed by atoms with Crippen LogP contribution in [0.25, 0.3) is 0 Å². The second kappa shape index (κ2) is 11.1. The Balaban J connectivity index is 1.81. The average Bonchev–Trinajstić information content (AvgIpc) is 2.84. The summed E-state index contributed by atoms with van der Waals surface area (Å²) in [6.07, 6.45) is -0.337. The Morgan fingerprint density at radius 3 is 2.17 bits per heavy atom. The van der Waals surface area contributed by atoms with Crippen LogP contribution in [0.3, 0.4) is 0 Å². The zero-order valence-corrected chi connectivity index (χ0v) is 21.5. The minimum absolute atomic E-state index is 0.0481. The van der Waals surface area contributed by atoms with Crippen LogP contribution in [0.4, 0.5) is 11.4 Å². The normalized spacial score (nSPS) is 11.6. The van der Waals surface area contributed by atoms with Crippen molar-refractivity contribution in [2.24, 2.45) is 0 Å². The number of ether oxygens (including phenoxy) is 1. The lowest BCUT2D eigenvalue weighted by Gasteiger charge is -2.23. The number of carbonyl (C=O) groups is 1. The summed E-state index contributed by atoms with van der Waals surface area (Å²) in [5.74, 6) is -0.801. The van der Waals surface area contributed by atoms with Gasteiger partial charge < -0.3 is 10.1 Å². The molecular weight excluding hydrogens is 512 g/mol. The maximum absolute atomic E-state index is 13.3. The molecule has 3 aromatic carbocycles. The molecule has 0 aliphatic rings. The highest BCUT2D eigenvalue weighted by Gasteiger charge is 2.25. The van der Waals surface area contributed by atoms with E-state index in [0.29, 0.717) is 10.7 Å². The van der Waals surface area contributed by atoms with Crippen molar-refractivity contribution in [3.05, 3.63) is 77.8 Å². The van der Waals surface area contributed by atoms with Gasteiger partial charge in [0.1, 0.15) is 5.75 Å². The number of rotatable bonds is 10. The van der Waals surface area contributed by atoms with Gasteiger partial charge in [0, 0.05) is 18.0 Å². The first kappa shape index (κ1) is 26.5. The molecular formula is C24H25ClN2O6S2. The zero-order chi connectivity index (χ0) is 25.6. The summed E-state index contributed by atoms with van der Waals surface area (Å²) in [4.78, 5) is 12.6. The molecule has 0 aromatic heterocycles. The third-order valence-electron chi connectivity index (χ3n) is 5.14. The molecule has 0 spiro atoms. The van der Waals surface area contributed by atoms with E-state index in [4.69, 9.17) is 16.3 Å². The second-order valence-corrected chi connectivity index (χ2v) is 11.8. The van der Waals surface area contributed by atoms with Gasteiger partial charge in [-0.2, -0.15) is 0 Å². The summed E-state index contributed by atoms with van der Waals surface area (Å²) in [6, 6.07) is 18.4. The molecule has 0 atom stereocenters. The molecule has 186 valence electrons. The Kier molecular flexibility index (Phi) is 8.42. The first-order chi connectivity index (χ1) is 16.6. The topological polar surface area (TPSA) is 110 Å². The van der Waals surface area contributed by atoms with Crippen LogP contribution in [0.2, 0.25) is 5.02 Å². The van der Waals surface area contributed by atoms with Gasteiger partial charge >= 0.3 is 0 Å². The van der Waals surface area contributed by atoms with Crippen molar-refractivity contribution in [3.8, 4) is 5.75 Å². The Labute approximate surface area is 210 Å². The summed E-state index contributed by atoms with van der Waals surface area (Å²) in [5.41, 5.74) is 0.621. The van der Waals surface area contributed by atoms with Crippen molar-refractivity contribution < 1.29 is 26.4 Å². The van der Waals surface area contributed by atoms with E-state index in [2.05, 4.69) is 5.32 Å². The largest absolute Gasteiger partial charge is 0.495 e. The molecule has 11 heteroatoms. The number of benzene rings is 3. The molecule has 0 fully saturated rings. The van der Waals surface area contributed by atoms with E-state index >= 15 is 0 Å². The summed E-state index contributed by atoms with van der Waals surface area (Å²) in [7, 11) is -6.27. The van der Waals surface area contributed by atoms with Crippen molar-refractivity contribution in [3.63, 3.8) is 0 Å². The van der Waals surface area contributed by atoms with Crippen LogP contribution in [-0.4, -0.2) is 42.2 Å². The van der Waals surface area contributed by atoms with Gasteiger partial charge in [-0.05, 0) is 61.5 Å². The van der Waals surface area contributed by atoms with Gasteiger partial charge in [-0.15, -0.1) is 0 Å². The van der Waals surface area contributed by atoms with Gasteiger partial charge in [-0.25, -0.2) is 16.8 Å². The van der Waals surface area contributed by atoms with Gasteiger partial charge in [0.2, 0.25) is 5.91 Å². The number of sulfone groups is 1. The van der Waals surface area contributed by atoms with Gasteiger partial charge in [0.05, 0.1) is 34.0 Å². The molecule has 0 aliphatic carbocycles. The molecule has 0 aliphatic heterocycles. The SMILES string of the molecule is CCN(c1ccccc1)S(=O)(=O)c1ccc(OC)c(NC(=O)CCS(=O)(=O)c2ccc(Cl)cc2)c1. The van der Waals surface area contributed by atoms with Crippen molar-refractivity contribution in [2.75, 3.05) is 29.0 Å². The van der Waals surface area contributed by atoms with E-state index in [0.717, 1.165) is 0 Å². The van der Waals surface area contributed by atoms with Crippen molar-refractivity contribution in [1.82, 2.24) is 0 Å². The van der Waals surface area contributed by atoms with E-state index in [1.165, 1.54) is 53.9 Å². The Hall–Kier alpha value is -3.08. The predicted octanol–water partition coefficient (Wildman–Crippen LogP) is 4.37. The highest BCUT2D eigenvalue weighted by molar-refractivity contribution is 7.92. The van der Waals surface area contributed by atoms with Gasteiger partial charge in [-0.3, -0.25) is 9.10 Å². The number of hydrogen-bond donors (Lipinski definition) is 1. The lowest BCUT2D eigenvalue weighted by molar-refractivity contribution is -0.115. The summed E-state index contributed by atoms with van der Waals surface area (Å²) < 4.78 is 58.2. The minimum Gasteiger partial charge on any atom is -0.495 e. The minimum atomic E-state index is -3.94. The highest BCUT2D eigenvalue weighted by atomic mass is 35.5. The number of hydrogen-bond acceptors (Lipinski definition) is 6. The number of methoxy groups -OCH3 is 1. The standard InChI is InChI=1S/C24H25ClN2O6S2/c1-3-27(19-7-5-4-6-8-19)35(31,32)21-13-14-23(33-2)22(17-21)26-24(28)15-16-34(29,30)20-11-9-18(25)10-12-20/h4-14,17H,3,15-16H2,1-2H3,(H,26,28). The Morgan fingerprint density at radius 2 is 1.57 bits per heavy atom. The number of nitrogens with zero attached hydrogens (tertiary/aromatic N) is 1. The quantitative estimate of drug-likeness (QED) is 0.412. The third kappa shape index (κ3) is 6.33. The van der Waals surface area contributed by atoms with E-state index in [9.17, 15) is 21.6 Å². The molecule has 0 radical (unpaired) electrons. The molecule has 0 bridgehead atoms. The Bertz CT molecular complexity index is 1390. The van der Waals surface area contributed by atoms with Gasteiger partial charge in [0.15, 0.2) is 9.84 Å². The number of nitrogens with one attached hydrogen (secondary N) is 1. The first-order valence-electron chi connectivity index (χ1n) is 10.6. The first-order valence-corrected chi connectivity index (χ1v) is 14.1. The fraction of sp³-hybridized carbons (Fsp3) is 0.208. The molecule has 8 nitrogen and oxygen atoms in total. The van der Waals surface area contributed by atoms with E-state index in [-0.39, 0.29) is 34.2 Å². The van der Waals surface area contributed by atoms with Crippen LogP contribution in [0.15, 0.2) is 82.6 Å². The van der Waals surface area contributed by atoms with Crippen LogP contribution in [-0.2, 0) is 24.7 Å². The number of sulfonamides is 1. The molecule has 0 saturated heterocycles. The summed E-state index contributed by atoms with van der Waals surface area (Å²) in [5, 5.41) is 2.97. The van der Waals surface area contributed by atoms with E-state index in [1.807, 2.05) is 0 Å². The average molecular weight is 537 g/mol. The van der Waals surface area contributed by atoms with E-state index < -0.39 is 31.5 Å². The zero-order valence-electron chi connectivity index (χ0n) is 19.1. The molecule has 0 saturated carbocycles. The predicted molar refractivity (Wildman–Crippen MR) is 136 cm³/mol. The number of amides is 1. The molecule has 1 N–H and O–H groups in total. The number of para-hydroxylation sites is 1. The van der Waals surface area contributed by atoms with Crippen molar-refractivity contribution >= 4 is 48.7 Å². The van der Waals surface area contributed by atoms with Crippen LogP contribution < -0.4 is 14.4 Å². The summed E-state index contributed by atoms with van der Waals surface area (Å²) in [6.45, 7) is 1.92.